The van der Waals surface area contributed by atoms with Crippen molar-refractivity contribution in [2.45, 2.75) is 38.7 Å². The smallest absolute Gasteiger partial charge is 0.262 e. The van der Waals surface area contributed by atoms with Gasteiger partial charge in [-0.25, -0.2) is 0 Å². The first-order valence-corrected chi connectivity index (χ1v) is 11.3. The third-order valence-corrected chi connectivity index (χ3v) is 7.51. The van der Waals surface area contributed by atoms with E-state index in [4.69, 9.17) is 16.3 Å². The molecule has 0 unspecified atom stereocenters. The van der Waals surface area contributed by atoms with E-state index in [-0.39, 0.29) is 24.7 Å². The molecule has 0 aliphatic carbocycles. The van der Waals surface area contributed by atoms with Crippen molar-refractivity contribution in [1.29, 1.82) is 0 Å². The molecule has 0 N–H and O–H groups in total. The number of imide groups is 1. The molecule has 0 radical (unpaired) electrons. The number of Topliss-reactive ketones (excluding diaryl/α,β-unsaturated/α-hetero) is 1. The normalized spacial score (nSPS) is 18.9. The lowest BCUT2D eigenvalue weighted by Crippen LogP contribution is -2.54. The second-order valence-corrected chi connectivity index (χ2v) is 9.39. The summed E-state index contributed by atoms with van der Waals surface area (Å²) in [6, 6.07) is 8.39. The van der Waals surface area contributed by atoms with E-state index in [1.807, 2.05) is 19.9 Å². The number of hydrogen-bond acceptors (Lipinski definition) is 5. The van der Waals surface area contributed by atoms with E-state index >= 15 is 0 Å². The number of amides is 3. The van der Waals surface area contributed by atoms with Gasteiger partial charge >= 0.3 is 0 Å². The molecule has 0 saturated carbocycles. The molecule has 8 heteroatoms. The minimum atomic E-state index is -0.664. The highest BCUT2D eigenvalue weighted by molar-refractivity contribution is 6.32. The summed E-state index contributed by atoms with van der Waals surface area (Å²) in [4.78, 5) is 53.7. The van der Waals surface area contributed by atoms with Gasteiger partial charge in [0.25, 0.3) is 11.8 Å². The number of piperidine rings is 1. The van der Waals surface area contributed by atoms with E-state index < -0.39 is 17.4 Å². The summed E-state index contributed by atoms with van der Waals surface area (Å²) in [5.74, 6) is -0.627. The van der Waals surface area contributed by atoms with Crippen molar-refractivity contribution in [3.8, 4) is 5.75 Å². The zero-order valence-electron chi connectivity index (χ0n) is 18.4. The third-order valence-electron chi connectivity index (χ3n) is 6.93. The molecule has 5 rings (SSSR count). The van der Waals surface area contributed by atoms with E-state index in [1.165, 1.54) is 0 Å². The van der Waals surface area contributed by atoms with Crippen molar-refractivity contribution < 1.29 is 23.9 Å². The number of likely N-dealkylation sites (tertiary alicyclic amines) is 1. The highest BCUT2D eigenvalue weighted by Gasteiger charge is 2.45. The number of carbonyl (C=O) groups is 4. The van der Waals surface area contributed by atoms with Crippen LogP contribution < -0.4 is 4.74 Å². The lowest BCUT2D eigenvalue weighted by Gasteiger charge is -2.44. The largest absolute Gasteiger partial charge is 0.486 e. The number of hydrogen-bond donors (Lipinski definition) is 0. The number of carbonyl (C=O) groups excluding carboxylic acids is 4. The van der Waals surface area contributed by atoms with Crippen molar-refractivity contribution >= 4 is 35.1 Å². The van der Waals surface area contributed by atoms with Gasteiger partial charge in [0, 0.05) is 31.0 Å². The molecule has 0 bridgehead atoms. The van der Waals surface area contributed by atoms with Gasteiger partial charge in [-0.1, -0.05) is 23.7 Å². The molecule has 3 heterocycles. The fourth-order valence-corrected chi connectivity index (χ4v) is 5.21. The number of nitrogens with zero attached hydrogens (tertiary/aromatic N) is 2. The zero-order valence-corrected chi connectivity index (χ0v) is 19.2. The van der Waals surface area contributed by atoms with Crippen molar-refractivity contribution in [2.75, 3.05) is 19.6 Å². The van der Waals surface area contributed by atoms with Gasteiger partial charge in [-0.05, 0) is 43.2 Å². The predicted octanol–water partition coefficient (Wildman–Crippen LogP) is 3.58. The Labute approximate surface area is 196 Å². The number of halogens is 1. The zero-order chi connectivity index (χ0) is 23.5. The highest BCUT2D eigenvalue weighted by atomic mass is 35.5. The molecule has 2 aromatic carbocycles. The first kappa shape index (κ1) is 21.6. The van der Waals surface area contributed by atoms with Crippen LogP contribution in [0.5, 0.6) is 5.75 Å². The quantitative estimate of drug-likeness (QED) is 0.632. The predicted molar refractivity (Wildman–Crippen MR) is 121 cm³/mol. The monoisotopic (exact) mass is 466 g/mol. The Hall–Kier alpha value is -3.19. The van der Waals surface area contributed by atoms with Crippen LogP contribution in [-0.2, 0) is 4.79 Å². The van der Waals surface area contributed by atoms with Crippen LogP contribution >= 0.6 is 11.6 Å². The van der Waals surface area contributed by atoms with Gasteiger partial charge in [-0.15, -0.1) is 0 Å². The second-order valence-electron chi connectivity index (χ2n) is 9.01. The summed E-state index contributed by atoms with van der Waals surface area (Å²) < 4.78 is 6.35. The van der Waals surface area contributed by atoms with Gasteiger partial charge in [0.2, 0.25) is 5.91 Å². The van der Waals surface area contributed by atoms with Gasteiger partial charge in [-0.2, -0.15) is 0 Å². The first-order chi connectivity index (χ1) is 15.7. The molecule has 33 heavy (non-hydrogen) atoms. The molecule has 0 aromatic heterocycles. The molecule has 0 atom stereocenters. The summed E-state index contributed by atoms with van der Waals surface area (Å²) >= 11 is 6.33. The molecule has 170 valence electrons. The summed E-state index contributed by atoms with van der Waals surface area (Å²) in [7, 11) is 0. The Kier molecular flexibility index (Phi) is 5.05. The van der Waals surface area contributed by atoms with Crippen molar-refractivity contribution in [2.24, 2.45) is 0 Å². The van der Waals surface area contributed by atoms with E-state index in [0.717, 1.165) is 16.0 Å². The third kappa shape index (κ3) is 3.42. The van der Waals surface area contributed by atoms with Crippen molar-refractivity contribution in [1.82, 2.24) is 9.80 Å². The van der Waals surface area contributed by atoms with Gasteiger partial charge in [0.05, 0.1) is 23.1 Å². The van der Waals surface area contributed by atoms with E-state index in [9.17, 15) is 19.2 Å². The van der Waals surface area contributed by atoms with Gasteiger partial charge in [0.1, 0.15) is 17.9 Å². The Balaban J connectivity index is 1.27. The summed E-state index contributed by atoms with van der Waals surface area (Å²) in [6.45, 7) is 4.18. The van der Waals surface area contributed by atoms with Gasteiger partial charge in [-0.3, -0.25) is 24.1 Å². The summed E-state index contributed by atoms with van der Waals surface area (Å²) in [6.07, 6.45) is 1.22. The minimum absolute atomic E-state index is 0.00134. The van der Waals surface area contributed by atoms with Crippen LogP contribution in [0.15, 0.2) is 30.3 Å². The molecule has 3 amide bonds. The maximum atomic E-state index is 13.0. The van der Waals surface area contributed by atoms with E-state index in [0.29, 0.717) is 53.4 Å². The van der Waals surface area contributed by atoms with Crippen LogP contribution in [0.3, 0.4) is 0 Å². The number of rotatable bonds is 2. The Morgan fingerprint density at radius 2 is 1.67 bits per heavy atom. The highest BCUT2D eigenvalue weighted by Crippen LogP contribution is 2.43. The molecular weight excluding hydrogens is 444 g/mol. The molecule has 3 aliphatic heterocycles. The van der Waals surface area contributed by atoms with Crippen LogP contribution in [0.2, 0.25) is 5.02 Å². The number of ether oxygens (including phenoxy) is 1. The Morgan fingerprint density at radius 1 is 1.06 bits per heavy atom. The average molecular weight is 467 g/mol. The average Bonchev–Trinajstić information content (AvgIpc) is 3.02. The Bertz CT molecular complexity index is 1190. The first-order valence-electron chi connectivity index (χ1n) is 11.0. The SMILES string of the molecule is Cc1cc2c(c(C)c1Cl)C(=O)CC1(CCN(C(=O)CN3C(=O)c4ccccc4C3=O)CC1)O2. The van der Waals surface area contributed by atoms with E-state index in [2.05, 4.69) is 0 Å². The minimum Gasteiger partial charge on any atom is -0.486 e. The maximum Gasteiger partial charge on any atom is 0.262 e. The van der Waals surface area contributed by atoms with Crippen molar-refractivity contribution in [3.63, 3.8) is 0 Å². The van der Waals surface area contributed by atoms with Crippen LogP contribution in [0.25, 0.3) is 0 Å². The van der Waals surface area contributed by atoms with Crippen molar-refractivity contribution in [3.05, 3.63) is 63.2 Å². The molecule has 1 spiro atoms. The summed E-state index contributed by atoms with van der Waals surface area (Å²) in [5.41, 5.74) is 2.12. The van der Waals surface area contributed by atoms with Gasteiger partial charge in [0.15, 0.2) is 5.78 Å². The fourth-order valence-electron chi connectivity index (χ4n) is 5.06. The van der Waals surface area contributed by atoms with Crippen LogP contribution in [-0.4, -0.2) is 58.5 Å². The number of ketones is 1. The number of aryl methyl sites for hydroxylation is 1. The van der Waals surface area contributed by atoms with Crippen LogP contribution in [0.1, 0.15) is 61.5 Å². The maximum absolute atomic E-state index is 13.0. The molecule has 1 saturated heterocycles. The molecule has 2 aromatic rings. The molecule has 3 aliphatic rings. The topological polar surface area (TPSA) is 84.0 Å². The van der Waals surface area contributed by atoms with Gasteiger partial charge < -0.3 is 9.64 Å². The van der Waals surface area contributed by atoms with Crippen LogP contribution in [0, 0.1) is 13.8 Å². The Morgan fingerprint density at radius 3 is 2.27 bits per heavy atom. The lowest BCUT2D eigenvalue weighted by molar-refractivity contribution is -0.135. The molecule has 7 nitrogen and oxygen atoms in total. The second kappa shape index (κ2) is 7.70. The van der Waals surface area contributed by atoms with Crippen LogP contribution in [0.4, 0.5) is 0 Å². The number of benzene rings is 2. The van der Waals surface area contributed by atoms with E-state index in [1.54, 1.807) is 29.2 Å². The lowest BCUT2D eigenvalue weighted by atomic mass is 9.81. The number of fused-ring (bicyclic) bond motifs is 2. The molecular formula is C25H23ClN2O5. The summed E-state index contributed by atoms with van der Waals surface area (Å²) in [5, 5.41) is 0.579. The molecule has 1 fully saturated rings. The fraction of sp³-hybridized carbons (Fsp3) is 0.360. The standard InChI is InChI=1S/C25H23ClN2O5/c1-14-11-19-21(15(2)22(14)26)18(29)12-25(33-19)7-9-27(10-8-25)20(30)13-28-23(31)16-5-3-4-6-17(16)24(28)32/h3-6,11H,7-10,12-13H2,1-2H3.